The third-order valence-electron chi connectivity index (χ3n) is 2.99. The summed E-state index contributed by atoms with van der Waals surface area (Å²) in [5, 5.41) is 2.89. The molecule has 1 fully saturated rings. The van der Waals surface area contributed by atoms with E-state index in [0.717, 1.165) is 11.3 Å². The van der Waals surface area contributed by atoms with Crippen LogP contribution in [0.15, 0.2) is 12.1 Å². The van der Waals surface area contributed by atoms with E-state index in [0.29, 0.717) is 26.2 Å². The van der Waals surface area contributed by atoms with E-state index in [1.54, 1.807) is 11.3 Å². The number of hydrogen-bond acceptors (Lipinski definition) is 4. The zero-order chi connectivity index (χ0) is 12.3. The maximum atomic E-state index is 11.9. The van der Waals surface area contributed by atoms with Gasteiger partial charge in [-0.3, -0.25) is 4.79 Å². The lowest BCUT2D eigenvalue weighted by molar-refractivity contribution is -0.126. The fraction of sp³-hybridized carbons (Fsp3) is 0.583. The first kappa shape index (κ1) is 12.5. The predicted molar refractivity (Wildman–Crippen MR) is 67.9 cm³/mol. The number of amides is 1. The van der Waals surface area contributed by atoms with Crippen LogP contribution < -0.4 is 11.1 Å². The number of rotatable bonds is 4. The van der Waals surface area contributed by atoms with Gasteiger partial charge in [-0.2, -0.15) is 0 Å². The molecule has 0 aromatic carbocycles. The summed E-state index contributed by atoms with van der Waals surface area (Å²) in [7, 11) is 0. The van der Waals surface area contributed by atoms with Crippen molar-refractivity contribution in [2.75, 3.05) is 13.2 Å². The summed E-state index contributed by atoms with van der Waals surface area (Å²) in [6, 6.07) is 4.15. The summed E-state index contributed by atoms with van der Waals surface area (Å²) in [6.45, 7) is 3.58. The lowest BCUT2D eigenvalue weighted by Gasteiger charge is -2.20. The van der Waals surface area contributed by atoms with Crippen molar-refractivity contribution in [2.45, 2.75) is 31.8 Å². The van der Waals surface area contributed by atoms with Crippen molar-refractivity contribution in [1.29, 1.82) is 0 Å². The second-order valence-electron chi connectivity index (χ2n) is 4.36. The van der Waals surface area contributed by atoms with E-state index in [-0.39, 0.29) is 5.91 Å². The van der Waals surface area contributed by atoms with Crippen LogP contribution in [0.3, 0.4) is 0 Å². The van der Waals surface area contributed by atoms with Gasteiger partial charge in [0.2, 0.25) is 5.91 Å². The van der Waals surface area contributed by atoms with E-state index in [4.69, 9.17) is 10.5 Å². The van der Waals surface area contributed by atoms with Crippen LogP contribution in [-0.4, -0.2) is 24.7 Å². The Labute approximate surface area is 105 Å². The second-order valence-corrected chi connectivity index (χ2v) is 5.62. The van der Waals surface area contributed by atoms with E-state index in [1.807, 2.05) is 0 Å². The smallest absolute Gasteiger partial charge is 0.242 e. The summed E-state index contributed by atoms with van der Waals surface area (Å²) in [4.78, 5) is 14.4. The molecule has 1 saturated heterocycles. The van der Waals surface area contributed by atoms with E-state index in [1.165, 1.54) is 4.88 Å². The fourth-order valence-corrected chi connectivity index (χ4v) is 2.71. The van der Waals surface area contributed by atoms with Gasteiger partial charge >= 0.3 is 0 Å². The van der Waals surface area contributed by atoms with Crippen molar-refractivity contribution < 1.29 is 9.53 Å². The molecule has 1 aromatic heterocycles. The molecule has 5 heteroatoms. The maximum absolute atomic E-state index is 11.9. The highest BCUT2D eigenvalue weighted by Crippen LogP contribution is 2.18. The molecule has 1 unspecified atom stereocenters. The lowest BCUT2D eigenvalue weighted by atomic mass is 9.99. The van der Waals surface area contributed by atoms with Crippen molar-refractivity contribution >= 4 is 17.2 Å². The van der Waals surface area contributed by atoms with E-state index in [9.17, 15) is 4.79 Å². The van der Waals surface area contributed by atoms with Crippen LogP contribution in [0.4, 0.5) is 0 Å². The van der Waals surface area contributed by atoms with Gasteiger partial charge in [0.25, 0.3) is 0 Å². The lowest BCUT2D eigenvalue weighted by Crippen LogP contribution is -2.54. The number of thiophene rings is 1. The zero-order valence-electron chi connectivity index (χ0n) is 9.99. The van der Waals surface area contributed by atoms with Crippen LogP contribution >= 0.6 is 11.3 Å². The normalized spacial score (nSPS) is 23.9. The first-order valence-corrected chi connectivity index (χ1v) is 6.68. The van der Waals surface area contributed by atoms with Crippen LogP contribution in [0, 0.1) is 0 Å². The Morgan fingerprint density at radius 1 is 1.59 bits per heavy atom. The Bertz CT molecular complexity index is 397. The van der Waals surface area contributed by atoms with Gasteiger partial charge in [0.05, 0.1) is 13.2 Å². The van der Waals surface area contributed by atoms with Crippen LogP contribution in [0.5, 0.6) is 0 Å². The molecule has 0 bridgehead atoms. The minimum Gasteiger partial charge on any atom is -0.379 e. The monoisotopic (exact) mass is 254 g/mol. The zero-order valence-corrected chi connectivity index (χ0v) is 10.8. The number of nitrogens with two attached hydrogens (primary N) is 1. The van der Waals surface area contributed by atoms with Crippen molar-refractivity contribution in [3.63, 3.8) is 0 Å². The molecular weight excluding hydrogens is 236 g/mol. The number of hydrogen-bond donors (Lipinski definition) is 2. The van der Waals surface area contributed by atoms with Gasteiger partial charge in [-0.1, -0.05) is 6.92 Å². The van der Waals surface area contributed by atoms with Crippen LogP contribution in [0.1, 0.15) is 23.1 Å². The topological polar surface area (TPSA) is 64.4 Å². The summed E-state index contributed by atoms with van der Waals surface area (Å²) in [6.07, 6.45) is 1.64. The molecule has 2 heterocycles. The minimum absolute atomic E-state index is 0.110. The highest BCUT2D eigenvalue weighted by molar-refractivity contribution is 7.11. The van der Waals surface area contributed by atoms with Crippen molar-refractivity contribution in [3.05, 3.63) is 21.9 Å². The highest BCUT2D eigenvalue weighted by atomic mass is 32.1. The first-order valence-electron chi connectivity index (χ1n) is 5.86. The predicted octanol–water partition coefficient (Wildman–Crippen LogP) is 1.04. The molecule has 94 valence electrons. The summed E-state index contributed by atoms with van der Waals surface area (Å²) in [5.41, 5.74) is 5.14. The van der Waals surface area contributed by atoms with Crippen molar-refractivity contribution in [3.8, 4) is 0 Å². The molecular formula is C12H18N2O2S. The fourth-order valence-electron chi connectivity index (χ4n) is 1.81. The molecule has 1 aliphatic heterocycles. The SMILES string of the molecule is CCc1ccc(CNC(=O)C2(N)CCOC2)s1. The van der Waals surface area contributed by atoms with E-state index >= 15 is 0 Å². The van der Waals surface area contributed by atoms with E-state index < -0.39 is 5.54 Å². The van der Waals surface area contributed by atoms with Gasteiger partial charge in [0.1, 0.15) is 5.54 Å². The van der Waals surface area contributed by atoms with Gasteiger partial charge in [-0.05, 0) is 25.0 Å². The Balaban J connectivity index is 1.87. The number of ether oxygens (including phenoxy) is 1. The summed E-state index contributed by atoms with van der Waals surface area (Å²) >= 11 is 1.73. The molecule has 17 heavy (non-hydrogen) atoms. The Morgan fingerprint density at radius 2 is 2.35 bits per heavy atom. The Hall–Kier alpha value is -0.910. The van der Waals surface area contributed by atoms with Crippen molar-refractivity contribution in [2.24, 2.45) is 5.73 Å². The standard InChI is InChI=1S/C12H18N2O2S/c1-2-9-3-4-10(17-9)7-14-11(15)12(13)5-6-16-8-12/h3-4H,2,5-8,13H2,1H3,(H,14,15). The number of carbonyl (C=O) groups is 1. The molecule has 4 nitrogen and oxygen atoms in total. The first-order chi connectivity index (χ1) is 8.14. The Kier molecular flexibility index (Phi) is 3.81. The molecule has 1 atom stereocenters. The molecule has 0 spiro atoms. The molecule has 1 aliphatic rings. The average molecular weight is 254 g/mol. The van der Waals surface area contributed by atoms with E-state index in [2.05, 4.69) is 24.4 Å². The Morgan fingerprint density at radius 3 is 2.94 bits per heavy atom. The second kappa shape index (κ2) is 5.16. The highest BCUT2D eigenvalue weighted by Gasteiger charge is 2.37. The molecule has 3 N–H and O–H groups in total. The summed E-state index contributed by atoms with van der Waals surface area (Å²) < 4.78 is 5.17. The summed E-state index contributed by atoms with van der Waals surface area (Å²) in [5.74, 6) is -0.110. The number of carbonyl (C=O) groups excluding carboxylic acids is 1. The quantitative estimate of drug-likeness (QED) is 0.844. The third kappa shape index (κ3) is 2.86. The van der Waals surface area contributed by atoms with Crippen LogP contribution in [0.2, 0.25) is 0 Å². The molecule has 0 aliphatic carbocycles. The van der Waals surface area contributed by atoms with Crippen LogP contribution in [-0.2, 0) is 22.5 Å². The van der Waals surface area contributed by atoms with Crippen molar-refractivity contribution in [1.82, 2.24) is 5.32 Å². The third-order valence-corrected chi connectivity index (χ3v) is 4.22. The number of nitrogens with one attached hydrogen (secondary N) is 1. The molecule has 0 radical (unpaired) electrons. The molecule has 1 aromatic rings. The van der Waals surface area contributed by atoms with Gasteiger partial charge in [-0.15, -0.1) is 11.3 Å². The van der Waals surface area contributed by atoms with Gasteiger partial charge in [0, 0.05) is 16.4 Å². The van der Waals surface area contributed by atoms with Crippen LogP contribution in [0.25, 0.3) is 0 Å². The van der Waals surface area contributed by atoms with Gasteiger partial charge in [0.15, 0.2) is 0 Å². The molecule has 1 amide bonds. The minimum atomic E-state index is -0.829. The number of aryl methyl sites for hydroxylation is 1. The molecule has 0 saturated carbocycles. The largest absolute Gasteiger partial charge is 0.379 e. The maximum Gasteiger partial charge on any atom is 0.242 e. The average Bonchev–Trinajstić information content (AvgIpc) is 2.95. The van der Waals surface area contributed by atoms with Gasteiger partial charge < -0.3 is 15.8 Å². The molecule has 2 rings (SSSR count). The van der Waals surface area contributed by atoms with Gasteiger partial charge in [-0.25, -0.2) is 0 Å².